The molecule has 1 aliphatic carbocycles. The van der Waals surface area contributed by atoms with Crippen LogP contribution in [0.25, 0.3) is 5.69 Å². The SMILES string of the molecule is NOCc1ccc(-n2nccc2C2CC2)cc1. The van der Waals surface area contributed by atoms with Crippen molar-refractivity contribution < 1.29 is 4.84 Å². The number of rotatable bonds is 4. The second kappa shape index (κ2) is 4.31. The monoisotopic (exact) mass is 229 g/mol. The first kappa shape index (κ1) is 10.5. The number of hydrogen-bond donors (Lipinski definition) is 1. The largest absolute Gasteiger partial charge is 0.300 e. The quantitative estimate of drug-likeness (QED) is 0.817. The molecule has 1 heterocycles. The van der Waals surface area contributed by atoms with Gasteiger partial charge in [-0.05, 0) is 36.6 Å². The van der Waals surface area contributed by atoms with Gasteiger partial charge in [-0.15, -0.1) is 0 Å². The Morgan fingerprint density at radius 1 is 1.24 bits per heavy atom. The zero-order valence-corrected chi connectivity index (χ0v) is 9.54. The van der Waals surface area contributed by atoms with Gasteiger partial charge in [-0.3, -0.25) is 4.84 Å². The highest BCUT2D eigenvalue weighted by molar-refractivity contribution is 5.36. The Morgan fingerprint density at radius 2 is 2.00 bits per heavy atom. The first-order valence-corrected chi connectivity index (χ1v) is 5.83. The molecule has 4 heteroatoms. The van der Waals surface area contributed by atoms with Crippen molar-refractivity contribution in [3.8, 4) is 5.69 Å². The van der Waals surface area contributed by atoms with Crippen molar-refractivity contribution in [2.24, 2.45) is 5.90 Å². The van der Waals surface area contributed by atoms with Gasteiger partial charge in [0.15, 0.2) is 0 Å². The molecule has 1 aliphatic rings. The average molecular weight is 229 g/mol. The maximum atomic E-state index is 5.05. The summed E-state index contributed by atoms with van der Waals surface area (Å²) in [5, 5.41) is 4.38. The molecule has 4 nitrogen and oxygen atoms in total. The predicted octanol–water partition coefficient (Wildman–Crippen LogP) is 2.14. The zero-order valence-electron chi connectivity index (χ0n) is 9.54. The van der Waals surface area contributed by atoms with Crippen LogP contribution in [0.2, 0.25) is 0 Å². The molecule has 2 N–H and O–H groups in total. The van der Waals surface area contributed by atoms with Crippen LogP contribution in [0.5, 0.6) is 0 Å². The molecule has 2 aromatic rings. The number of hydrogen-bond acceptors (Lipinski definition) is 3. The molecule has 1 aromatic heterocycles. The third-order valence-corrected chi connectivity index (χ3v) is 3.10. The summed E-state index contributed by atoms with van der Waals surface area (Å²) in [6, 6.07) is 10.2. The van der Waals surface area contributed by atoms with E-state index in [1.807, 2.05) is 35.1 Å². The molecule has 0 radical (unpaired) electrons. The molecule has 0 saturated heterocycles. The van der Waals surface area contributed by atoms with Crippen LogP contribution >= 0.6 is 0 Å². The van der Waals surface area contributed by atoms with Crippen LogP contribution in [-0.2, 0) is 11.4 Å². The minimum atomic E-state index is 0.439. The Hall–Kier alpha value is -1.65. The van der Waals surface area contributed by atoms with E-state index in [-0.39, 0.29) is 0 Å². The lowest BCUT2D eigenvalue weighted by atomic mass is 10.2. The Morgan fingerprint density at radius 3 is 2.65 bits per heavy atom. The minimum absolute atomic E-state index is 0.439. The molecule has 0 unspecified atom stereocenters. The highest BCUT2D eigenvalue weighted by Gasteiger charge is 2.27. The second-order valence-electron chi connectivity index (χ2n) is 4.42. The van der Waals surface area contributed by atoms with E-state index in [1.165, 1.54) is 18.5 Å². The van der Waals surface area contributed by atoms with Crippen LogP contribution in [0, 0.1) is 0 Å². The van der Waals surface area contributed by atoms with Gasteiger partial charge in [-0.2, -0.15) is 5.10 Å². The number of benzene rings is 1. The Labute approximate surface area is 100.0 Å². The van der Waals surface area contributed by atoms with Gasteiger partial charge in [0.2, 0.25) is 0 Å². The van der Waals surface area contributed by atoms with E-state index in [1.54, 1.807) is 0 Å². The highest BCUT2D eigenvalue weighted by atomic mass is 16.6. The molecule has 1 saturated carbocycles. The molecule has 88 valence electrons. The van der Waals surface area contributed by atoms with Gasteiger partial charge < -0.3 is 0 Å². The van der Waals surface area contributed by atoms with Crippen molar-refractivity contribution in [1.29, 1.82) is 0 Å². The molecule has 3 rings (SSSR count). The van der Waals surface area contributed by atoms with Crippen LogP contribution in [0.4, 0.5) is 0 Å². The van der Waals surface area contributed by atoms with Gasteiger partial charge in [-0.25, -0.2) is 10.6 Å². The van der Waals surface area contributed by atoms with Gasteiger partial charge in [0, 0.05) is 17.8 Å². The lowest BCUT2D eigenvalue weighted by Crippen LogP contribution is -2.02. The maximum Gasteiger partial charge on any atom is 0.0930 e. The van der Waals surface area contributed by atoms with Crippen LogP contribution in [0.15, 0.2) is 36.5 Å². The molecule has 0 spiro atoms. The van der Waals surface area contributed by atoms with E-state index in [0.717, 1.165) is 11.3 Å². The molecular weight excluding hydrogens is 214 g/mol. The molecule has 17 heavy (non-hydrogen) atoms. The van der Waals surface area contributed by atoms with E-state index in [4.69, 9.17) is 5.90 Å². The molecular formula is C13H15N3O. The van der Waals surface area contributed by atoms with Gasteiger partial charge in [0.1, 0.15) is 0 Å². The third-order valence-electron chi connectivity index (χ3n) is 3.10. The normalized spacial score (nSPS) is 15.1. The van der Waals surface area contributed by atoms with Crippen LogP contribution in [-0.4, -0.2) is 9.78 Å². The standard InChI is InChI=1S/C13H15N3O/c14-17-9-10-1-5-12(6-2-10)16-13(7-8-15-16)11-3-4-11/h1-2,5-8,11H,3-4,9,14H2. The molecule has 0 aliphatic heterocycles. The van der Waals surface area contributed by atoms with Gasteiger partial charge >= 0.3 is 0 Å². The lowest BCUT2D eigenvalue weighted by molar-refractivity contribution is 0.124. The van der Waals surface area contributed by atoms with Crippen molar-refractivity contribution >= 4 is 0 Å². The summed E-state index contributed by atoms with van der Waals surface area (Å²) in [6.07, 6.45) is 4.43. The van der Waals surface area contributed by atoms with E-state index in [2.05, 4.69) is 16.0 Å². The first-order valence-electron chi connectivity index (χ1n) is 5.83. The van der Waals surface area contributed by atoms with Crippen molar-refractivity contribution in [1.82, 2.24) is 9.78 Å². The summed E-state index contributed by atoms with van der Waals surface area (Å²) in [7, 11) is 0. The van der Waals surface area contributed by atoms with E-state index >= 15 is 0 Å². The van der Waals surface area contributed by atoms with Crippen molar-refractivity contribution in [3.05, 3.63) is 47.8 Å². The Kier molecular flexibility index (Phi) is 2.66. The van der Waals surface area contributed by atoms with Crippen LogP contribution in [0.1, 0.15) is 30.0 Å². The van der Waals surface area contributed by atoms with Gasteiger partial charge in [0.25, 0.3) is 0 Å². The average Bonchev–Trinajstić information content (AvgIpc) is 3.09. The van der Waals surface area contributed by atoms with Gasteiger partial charge in [-0.1, -0.05) is 12.1 Å². The van der Waals surface area contributed by atoms with E-state index in [9.17, 15) is 0 Å². The topological polar surface area (TPSA) is 53.1 Å². The summed E-state index contributed by atoms with van der Waals surface area (Å²) >= 11 is 0. The fourth-order valence-electron chi connectivity index (χ4n) is 2.05. The summed E-state index contributed by atoms with van der Waals surface area (Å²) < 4.78 is 2.02. The second-order valence-corrected chi connectivity index (χ2v) is 4.42. The number of aromatic nitrogens is 2. The van der Waals surface area contributed by atoms with Crippen molar-refractivity contribution in [3.63, 3.8) is 0 Å². The Balaban J connectivity index is 1.89. The minimum Gasteiger partial charge on any atom is -0.300 e. The van der Waals surface area contributed by atoms with Crippen molar-refractivity contribution in [2.75, 3.05) is 0 Å². The zero-order chi connectivity index (χ0) is 11.7. The first-order chi connectivity index (χ1) is 8.38. The summed E-state index contributed by atoms with van der Waals surface area (Å²) in [4.78, 5) is 4.61. The van der Waals surface area contributed by atoms with Crippen molar-refractivity contribution in [2.45, 2.75) is 25.4 Å². The Bertz CT molecular complexity index is 500. The lowest BCUT2D eigenvalue weighted by Gasteiger charge is -2.07. The molecule has 0 atom stereocenters. The number of nitrogens with zero attached hydrogens (tertiary/aromatic N) is 2. The number of nitrogens with two attached hydrogens (primary N) is 1. The predicted molar refractivity (Wildman–Crippen MR) is 64.5 cm³/mol. The smallest absolute Gasteiger partial charge is 0.0930 e. The van der Waals surface area contributed by atoms with E-state index in [0.29, 0.717) is 12.5 Å². The maximum absolute atomic E-state index is 5.05. The molecule has 0 bridgehead atoms. The molecule has 1 aromatic carbocycles. The summed E-state index contributed by atoms with van der Waals surface area (Å²) in [6.45, 7) is 0.439. The summed E-state index contributed by atoms with van der Waals surface area (Å²) in [5.74, 6) is 5.75. The highest BCUT2D eigenvalue weighted by Crippen LogP contribution is 2.40. The third kappa shape index (κ3) is 2.09. The fraction of sp³-hybridized carbons (Fsp3) is 0.308. The summed E-state index contributed by atoms with van der Waals surface area (Å²) in [5.41, 5.74) is 3.47. The van der Waals surface area contributed by atoms with E-state index < -0.39 is 0 Å². The van der Waals surface area contributed by atoms with Crippen LogP contribution < -0.4 is 5.90 Å². The van der Waals surface area contributed by atoms with Crippen LogP contribution in [0.3, 0.4) is 0 Å². The molecule has 0 amide bonds. The fourth-order valence-corrected chi connectivity index (χ4v) is 2.05. The van der Waals surface area contributed by atoms with Gasteiger partial charge in [0.05, 0.1) is 12.3 Å². The molecule has 1 fully saturated rings.